The summed E-state index contributed by atoms with van der Waals surface area (Å²) in [6.07, 6.45) is 1.72. The van der Waals surface area contributed by atoms with Gasteiger partial charge in [0.05, 0.1) is 5.69 Å². The number of hydrogen-bond acceptors (Lipinski definition) is 2. The first kappa shape index (κ1) is 10.7. The molecule has 2 N–H and O–H groups in total. The lowest BCUT2D eigenvalue weighted by atomic mass is 10.2. The number of benzene rings is 1. The van der Waals surface area contributed by atoms with Crippen LogP contribution in [-0.4, -0.2) is 16.6 Å². The number of H-pyrrole nitrogens is 1. The molecule has 16 heavy (non-hydrogen) atoms. The lowest BCUT2D eigenvalue weighted by molar-refractivity contribution is 0.815. The second kappa shape index (κ2) is 4.37. The van der Waals surface area contributed by atoms with Gasteiger partial charge in [0.15, 0.2) is 0 Å². The molecule has 84 valence electrons. The second-order valence-corrected chi connectivity index (χ2v) is 3.77. The van der Waals surface area contributed by atoms with Crippen molar-refractivity contribution < 1.29 is 0 Å². The van der Waals surface area contributed by atoms with Gasteiger partial charge >= 0.3 is 5.69 Å². The van der Waals surface area contributed by atoms with Crippen molar-refractivity contribution >= 4 is 0 Å². The minimum absolute atomic E-state index is 0.0980. The van der Waals surface area contributed by atoms with Gasteiger partial charge in [-0.1, -0.05) is 12.1 Å². The standard InChI is InChI=1S/C12H15N3O/c1-9-7-14-12(16)15(9)11-5-3-4-10(6-11)8-13-2/h3-7,13H,8H2,1-2H3,(H,14,16). The number of aryl methyl sites for hydroxylation is 1. The van der Waals surface area contributed by atoms with E-state index in [9.17, 15) is 4.79 Å². The first-order chi connectivity index (χ1) is 7.72. The molecule has 4 nitrogen and oxygen atoms in total. The van der Waals surface area contributed by atoms with Gasteiger partial charge in [0.2, 0.25) is 0 Å². The summed E-state index contributed by atoms with van der Waals surface area (Å²) in [5.41, 5.74) is 2.87. The van der Waals surface area contributed by atoms with E-state index in [0.29, 0.717) is 0 Å². The minimum atomic E-state index is -0.0980. The van der Waals surface area contributed by atoms with Gasteiger partial charge in [0.25, 0.3) is 0 Å². The maximum atomic E-state index is 11.6. The SMILES string of the molecule is CNCc1cccc(-n2c(C)c[nH]c2=O)c1. The van der Waals surface area contributed by atoms with E-state index in [0.717, 1.165) is 23.5 Å². The highest BCUT2D eigenvalue weighted by atomic mass is 16.1. The first-order valence-electron chi connectivity index (χ1n) is 5.23. The zero-order valence-corrected chi connectivity index (χ0v) is 9.45. The number of hydrogen-bond donors (Lipinski definition) is 2. The van der Waals surface area contributed by atoms with Gasteiger partial charge in [0, 0.05) is 18.4 Å². The topological polar surface area (TPSA) is 49.8 Å². The van der Waals surface area contributed by atoms with Gasteiger partial charge in [-0.05, 0) is 31.7 Å². The molecule has 0 atom stereocenters. The van der Waals surface area contributed by atoms with Crippen LogP contribution in [0.2, 0.25) is 0 Å². The molecule has 0 spiro atoms. The number of nitrogens with one attached hydrogen (secondary N) is 2. The van der Waals surface area contributed by atoms with E-state index in [2.05, 4.69) is 10.3 Å². The molecule has 0 aliphatic carbocycles. The molecule has 0 aliphatic heterocycles. The van der Waals surface area contributed by atoms with Gasteiger partial charge in [-0.15, -0.1) is 0 Å². The fraction of sp³-hybridized carbons (Fsp3) is 0.250. The highest BCUT2D eigenvalue weighted by molar-refractivity contribution is 5.37. The number of rotatable bonds is 3. The Hall–Kier alpha value is -1.81. The van der Waals surface area contributed by atoms with Crippen LogP contribution in [-0.2, 0) is 6.54 Å². The summed E-state index contributed by atoms with van der Waals surface area (Å²) in [6.45, 7) is 2.70. The van der Waals surface area contributed by atoms with Crippen molar-refractivity contribution in [2.24, 2.45) is 0 Å². The summed E-state index contributed by atoms with van der Waals surface area (Å²) in [5, 5.41) is 3.09. The van der Waals surface area contributed by atoms with Crippen LogP contribution in [0.1, 0.15) is 11.3 Å². The zero-order chi connectivity index (χ0) is 11.5. The van der Waals surface area contributed by atoms with Gasteiger partial charge in [-0.2, -0.15) is 0 Å². The minimum Gasteiger partial charge on any atom is -0.316 e. The Kier molecular flexibility index (Phi) is 2.92. The molecule has 0 aliphatic rings. The molecular formula is C12H15N3O. The van der Waals surface area contributed by atoms with E-state index >= 15 is 0 Å². The van der Waals surface area contributed by atoms with Crippen molar-refractivity contribution in [1.82, 2.24) is 14.9 Å². The monoisotopic (exact) mass is 217 g/mol. The van der Waals surface area contributed by atoms with Crippen LogP contribution in [0.25, 0.3) is 5.69 Å². The highest BCUT2D eigenvalue weighted by Crippen LogP contribution is 2.10. The summed E-state index contributed by atoms with van der Waals surface area (Å²) in [4.78, 5) is 14.3. The molecule has 4 heteroatoms. The quantitative estimate of drug-likeness (QED) is 0.811. The molecule has 0 fully saturated rings. The predicted molar refractivity (Wildman–Crippen MR) is 63.9 cm³/mol. The Labute approximate surface area is 93.9 Å². The third kappa shape index (κ3) is 1.92. The lowest BCUT2D eigenvalue weighted by Gasteiger charge is -2.06. The number of nitrogens with zero attached hydrogens (tertiary/aromatic N) is 1. The summed E-state index contributed by atoms with van der Waals surface area (Å²) >= 11 is 0. The van der Waals surface area contributed by atoms with Crippen LogP contribution in [0.3, 0.4) is 0 Å². The summed E-state index contributed by atoms with van der Waals surface area (Å²) in [7, 11) is 1.90. The summed E-state index contributed by atoms with van der Waals surface area (Å²) < 4.78 is 1.67. The third-order valence-electron chi connectivity index (χ3n) is 2.51. The molecule has 1 aromatic carbocycles. The van der Waals surface area contributed by atoms with Crippen molar-refractivity contribution in [3.05, 3.63) is 52.2 Å². The molecule has 0 unspecified atom stereocenters. The van der Waals surface area contributed by atoms with Crippen LogP contribution >= 0.6 is 0 Å². The molecule has 0 bridgehead atoms. The molecular weight excluding hydrogens is 202 g/mol. The van der Waals surface area contributed by atoms with Crippen LogP contribution in [0.4, 0.5) is 0 Å². The van der Waals surface area contributed by atoms with E-state index in [4.69, 9.17) is 0 Å². The van der Waals surface area contributed by atoms with E-state index < -0.39 is 0 Å². The van der Waals surface area contributed by atoms with Crippen molar-refractivity contribution in [2.75, 3.05) is 7.05 Å². The van der Waals surface area contributed by atoms with Crippen molar-refractivity contribution in [2.45, 2.75) is 13.5 Å². The maximum Gasteiger partial charge on any atom is 0.330 e. The van der Waals surface area contributed by atoms with Crippen LogP contribution < -0.4 is 11.0 Å². The van der Waals surface area contributed by atoms with Crippen LogP contribution in [0.15, 0.2) is 35.3 Å². The number of imidazole rings is 1. The van der Waals surface area contributed by atoms with Crippen molar-refractivity contribution in [1.29, 1.82) is 0 Å². The Morgan fingerprint density at radius 2 is 2.25 bits per heavy atom. The van der Waals surface area contributed by atoms with Crippen molar-refractivity contribution in [3.63, 3.8) is 0 Å². The van der Waals surface area contributed by atoms with Gasteiger partial charge in [0.1, 0.15) is 0 Å². The fourth-order valence-electron chi connectivity index (χ4n) is 1.79. The van der Waals surface area contributed by atoms with Gasteiger partial charge in [-0.25, -0.2) is 4.79 Å². The van der Waals surface area contributed by atoms with Crippen molar-refractivity contribution in [3.8, 4) is 5.69 Å². The largest absolute Gasteiger partial charge is 0.330 e. The molecule has 0 saturated heterocycles. The summed E-state index contributed by atoms with van der Waals surface area (Å²) in [5.74, 6) is 0. The molecule has 2 aromatic rings. The maximum absolute atomic E-state index is 11.6. The average molecular weight is 217 g/mol. The lowest BCUT2D eigenvalue weighted by Crippen LogP contribution is -2.16. The van der Waals surface area contributed by atoms with Crippen LogP contribution in [0.5, 0.6) is 0 Å². The molecule has 1 aromatic heterocycles. The predicted octanol–water partition coefficient (Wildman–Crippen LogP) is 1.19. The smallest absolute Gasteiger partial charge is 0.316 e. The number of aromatic amines is 1. The Bertz CT molecular complexity index is 539. The third-order valence-corrected chi connectivity index (χ3v) is 2.51. The zero-order valence-electron chi connectivity index (χ0n) is 9.45. The molecule has 0 radical (unpaired) electrons. The first-order valence-corrected chi connectivity index (χ1v) is 5.23. The molecule has 0 saturated carbocycles. The Morgan fingerprint density at radius 3 is 2.88 bits per heavy atom. The average Bonchev–Trinajstić information content (AvgIpc) is 2.59. The van der Waals surface area contributed by atoms with E-state index in [-0.39, 0.29) is 5.69 Å². The fourth-order valence-corrected chi connectivity index (χ4v) is 1.79. The second-order valence-electron chi connectivity index (χ2n) is 3.77. The van der Waals surface area contributed by atoms with E-state index in [1.54, 1.807) is 10.8 Å². The number of aromatic nitrogens is 2. The Balaban J connectivity index is 2.48. The molecule has 0 amide bonds. The van der Waals surface area contributed by atoms with Gasteiger partial charge < -0.3 is 10.3 Å². The Morgan fingerprint density at radius 1 is 1.44 bits per heavy atom. The normalized spacial score (nSPS) is 10.6. The van der Waals surface area contributed by atoms with E-state index in [1.807, 2.05) is 38.2 Å². The van der Waals surface area contributed by atoms with E-state index in [1.165, 1.54) is 0 Å². The molecule has 2 rings (SSSR count). The van der Waals surface area contributed by atoms with Gasteiger partial charge in [-0.3, -0.25) is 4.57 Å². The van der Waals surface area contributed by atoms with Crippen LogP contribution in [0, 0.1) is 6.92 Å². The summed E-state index contributed by atoms with van der Waals surface area (Å²) in [6, 6.07) is 7.94. The highest BCUT2D eigenvalue weighted by Gasteiger charge is 2.04. The molecule has 1 heterocycles.